The van der Waals surface area contributed by atoms with Gasteiger partial charge in [0.1, 0.15) is 5.75 Å². The van der Waals surface area contributed by atoms with E-state index in [2.05, 4.69) is 10.1 Å². The maximum Gasteiger partial charge on any atom is 0.410 e. The zero-order valence-electron chi connectivity index (χ0n) is 8.69. The summed E-state index contributed by atoms with van der Waals surface area (Å²) in [6, 6.07) is 7.46. The molecule has 1 rings (SSSR count). The molecule has 0 saturated heterocycles. The van der Waals surface area contributed by atoms with Crippen molar-refractivity contribution in [1.29, 1.82) is 0 Å². The Kier molecular flexibility index (Phi) is 4.22. The first kappa shape index (κ1) is 11.1. The predicted molar refractivity (Wildman–Crippen MR) is 57.6 cm³/mol. The average molecular weight is 207 g/mol. The predicted octanol–water partition coefficient (Wildman–Crippen LogP) is 2.02. The zero-order chi connectivity index (χ0) is 11.1. The summed E-state index contributed by atoms with van der Waals surface area (Å²) in [4.78, 5) is 10.7. The summed E-state index contributed by atoms with van der Waals surface area (Å²) in [5.74, 6) is 0.799. The van der Waals surface area contributed by atoms with Crippen molar-refractivity contribution in [2.45, 2.75) is 0 Å². The van der Waals surface area contributed by atoms with Crippen molar-refractivity contribution in [2.24, 2.45) is 0 Å². The molecule has 1 amide bonds. The Morgan fingerprint density at radius 2 is 1.93 bits per heavy atom. The Labute approximate surface area is 88.5 Å². The number of benzene rings is 1. The summed E-state index contributed by atoms with van der Waals surface area (Å²) in [5, 5.41) is 2.44. The van der Waals surface area contributed by atoms with Crippen LogP contribution in [0.1, 0.15) is 5.56 Å². The van der Waals surface area contributed by atoms with Crippen LogP contribution in [0.15, 0.2) is 30.5 Å². The molecule has 0 saturated carbocycles. The fraction of sp³-hybridized carbons (Fsp3) is 0.182. The standard InChI is InChI=1S/C11H13NO3/c1-14-10-5-3-9(4-6-10)7-8-12-11(13)15-2/h3-8H,1-2H3,(H,12,13)/b8-7+. The van der Waals surface area contributed by atoms with Gasteiger partial charge in [0.05, 0.1) is 14.2 Å². The largest absolute Gasteiger partial charge is 0.497 e. The molecule has 15 heavy (non-hydrogen) atoms. The van der Waals surface area contributed by atoms with Gasteiger partial charge in [-0.25, -0.2) is 4.79 Å². The van der Waals surface area contributed by atoms with Crippen molar-refractivity contribution in [2.75, 3.05) is 14.2 Å². The Morgan fingerprint density at radius 3 is 2.47 bits per heavy atom. The lowest BCUT2D eigenvalue weighted by Crippen LogP contribution is -2.15. The van der Waals surface area contributed by atoms with E-state index in [1.807, 2.05) is 24.3 Å². The molecule has 0 aliphatic carbocycles. The van der Waals surface area contributed by atoms with Crippen LogP contribution in [-0.2, 0) is 4.74 Å². The van der Waals surface area contributed by atoms with Gasteiger partial charge in [-0.05, 0) is 23.8 Å². The Hall–Kier alpha value is -1.97. The van der Waals surface area contributed by atoms with E-state index in [0.717, 1.165) is 11.3 Å². The van der Waals surface area contributed by atoms with Crippen LogP contribution in [-0.4, -0.2) is 20.3 Å². The molecule has 0 radical (unpaired) electrons. The SMILES string of the molecule is COC(=O)N/C=C/c1ccc(OC)cc1. The van der Waals surface area contributed by atoms with Crippen molar-refractivity contribution < 1.29 is 14.3 Å². The van der Waals surface area contributed by atoms with Gasteiger partial charge in [0.2, 0.25) is 0 Å². The van der Waals surface area contributed by atoms with E-state index in [1.165, 1.54) is 13.3 Å². The molecular formula is C11H13NO3. The molecule has 0 heterocycles. The number of methoxy groups -OCH3 is 2. The highest BCUT2D eigenvalue weighted by atomic mass is 16.5. The molecule has 0 aromatic heterocycles. The molecule has 1 N–H and O–H groups in total. The molecular weight excluding hydrogens is 194 g/mol. The van der Waals surface area contributed by atoms with Gasteiger partial charge in [-0.1, -0.05) is 12.1 Å². The highest BCUT2D eigenvalue weighted by molar-refractivity contribution is 5.69. The third kappa shape index (κ3) is 3.72. The smallest absolute Gasteiger partial charge is 0.410 e. The van der Waals surface area contributed by atoms with Crippen LogP contribution in [0, 0.1) is 0 Å². The normalized spacial score (nSPS) is 10.0. The minimum Gasteiger partial charge on any atom is -0.497 e. The maximum atomic E-state index is 10.7. The number of alkyl carbamates (subject to hydrolysis) is 1. The van der Waals surface area contributed by atoms with Gasteiger partial charge in [-0.3, -0.25) is 5.32 Å². The number of amides is 1. The van der Waals surface area contributed by atoms with E-state index in [9.17, 15) is 4.79 Å². The quantitative estimate of drug-likeness (QED) is 0.824. The maximum absolute atomic E-state index is 10.7. The zero-order valence-corrected chi connectivity index (χ0v) is 8.69. The Bertz CT molecular complexity index is 343. The fourth-order valence-corrected chi connectivity index (χ4v) is 0.980. The van der Waals surface area contributed by atoms with E-state index < -0.39 is 6.09 Å². The van der Waals surface area contributed by atoms with Gasteiger partial charge in [-0.15, -0.1) is 0 Å². The van der Waals surface area contributed by atoms with Gasteiger partial charge in [-0.2, -0.15) is 0 Å². The molecule has 0 spiro atoms. The molecule has 0 aliphatic heterocycles. The summed E-state index contributed by atoms with van der Waals surface area (Å²) in [6.07, 6.45) is 2.80. The van der Waals surface area contributed by atoms with E-state index in [-0.39, 0.29) is 0 Å². The molecule has 0 aliphatic rings. The third-order valence-electron chi connectivity index (χ3n) is 1.78. The molecule has 4 nitrogen and oxygen atoms in total. The molecule has 0 fully saturated rings. The topological polar surface area (TPSA) is 47.6 Å². The van der Waals surface area contributed by atoms with E-state index in [1.54, 1.807) is 13.2 Å². The van der Waals surface area contributed by atoms with E-state index in [0.29, 0.717) is 0 Å². The highest BCUT2D eigenvalue weighted by Crippen LogP contribution is 2.11. The van der Waals surface area contributed by atoms with Gasteiger partial charge in [0.15, 0.2) is 0 Å². The lowest BCUT2D eigenvalue weighted by Gasteiger charge is -1.99. The molecule has 4 heteroatoms. The number of carbonyl (C=O) groups is 1. The van der Waals surface area contributed by atoms with Crippen LogP contribution < -0.4 is 10.1 Å². The molecule has 0 atom stereocenters. The third-order valence-corrected chi connectivity index (χ3v) is 1.78. The van der Waals surface area contributed by atoms with Crippen molar-refractivity contribution in [3.63, 3.8) is 0 Å². The first-order chi connectivity index (χ1) is 7.26. The number of ether oxygens (including phenoxy) is 2. The fourth-order valence-electron chi connectivity index (χ4n) is 0.980. The first-order valence-corrected chi connectivity index (χ1v) is 4.41. The van der Waals surface area contributed by atoms with Gasteiger partial charge < -0.3 is 9.47 Å². The number of carbonyl (C=O) groups excluding carboxylic acids is 1. The van der Waals surface area contributed by atoms with Gasteiger partial charge >= 0.3 is 6.09 Å². The Morgan fingerprint density at radius 1 is 1.27 bits per heavy atom. The minimum absolute atomic E-state index is 0.486. The number of nitrogens with one attached hydrogen (secondary N) is 1. The molecule has 1 aromatic rings. The second-order valence-corrected chi connectivity index (χ2v) is 2.74. The molecule has 0 unspecified atom stereocenters. The number of rotatable bonds is 3. The van der Waals surface area contributed by atoms with Crippen LogP contribution >= 0.6 is 0 Å². The molecule has 1 aromatic carbocycles. The highest BCUT2D eigenvalue weighted by Gasteiger charge is 1.92. The summed E-state index contributed by atoms with van der Waals surface area (Å²) in [7, 11) is 2.93. The summed E-state index contributed by atoms with van der Waals surface area (Å²) < 4.78 is 9.42. The van der Waals surface area contributed by atoms with Crippen LogP contribution in [0.2, 0.25) is 0 Å². The summed E-state index contributed by atoms with van der Waals surface area (Å²) in [5.41, 5.74) is 0.965. The lowest BCUT2D eigenvalue weighted by atomic mass is 10.2. The first-order valence-electron chi connectivity index (χ1n) is 4.41. The van der Waals surface area contributed by atoms with Gasteiger partial charge in [0, 0.05) is 6.20 Å². The second kappa shape index (κ2) is 5.70. The van der Waals surface area contributed by atoms with E-state index >= 15 is 0 Å². The van der Waals surface area contributed by atoms with Crippen LogP contribution in [0.5, 0.6) is 5.75 Å². The van der Waals surface area contributed by atoms with E-state index in [4.69, 9.17) is 4.74 Å². The summed E-state index contributed by atoms with van der Waals surface area (Å²) in [6.45, 7) is 0. The number of hydrogen-bond acceptors (Lipinski definition) is 3. The van der Waals surface area contributed by atoms with Crippen LogP contribution in [0.25, 0.3) is 6.08 Å². The van der Waals surface area contributed by atoms with Crippen molar-refractivity contribution in [1.82, 2.24) is 5.32 Å². The number of hydrogen-bond donors (Lipinski definition) is 1. The average Bonchev–Trinajstić information content (AvgIpc) is 2.29. The summed E-state index contributed by atoms with van der Waals surface area (Å²) >= 11 is 0. The van der Waals surface area contributed by atoms with Gasteiger partial charge in [0.25, 0.3) is 0 Å². The molecule has 80 valence electrons. The van der Waals surface area contributed by atoms with Crippen LogP contribution in [0.4, 0.5) is 4.79 Å². The Balaban J connectivity index is 2.53. The van der Waals surface area contributed by atoms with Crippen molar-refractivity contribution in [3.05, 3.63) is 36.0 Å². The second-order valence-electron chi connectivity index (χ2n) is 2.74. The lowest BCUT2D eigenvalue weighted by molar-refractivity contribution is 0.175. The van der Waals surface area contributed by atoms with Crippen LogP contribution in [0.3, 0.4) is 0 Å². The molecule has 0 bridgehead atoms. The van der Waals surface area contributed by atoms with Crippen molar-refractivity contribution in [3.8, 4) is 5.75 Å². The van der Waals surface area contributed by atoms with Crippen molar-refractivity contribution >= 4 is 12.2 Å². The monoisotopic (exact) mass is 207 g/mol. The minimum atomic E-state index is -0.486.